The van der Waals surface area contributed by atoms with Gasteiger partial charge in [-0.25, -0.2) is 0 Å². The number of carbonyl (C=O) groups is 4. The third kappa shape index (κ3) is 17.6. The van der Waals surface area contributed by atoms with Gasteiger partial charge < -0.3 is 20.1 Å². The summed E-state index contributed by atoms with van der Waals surface area (Å²) in [5, 5.41) is 11.5. The number of Topliss-reactive ketones (excluding diaryl/α,β-unsaturated/α-hetero) is 1. The van der Waals surface area contributed by atoms with Gasteiger partial charge in [-0.05, 0) is 18.9 Å². The number of carboxylic acids is 1. The number of amides is 2. The second-order valence-corrected chi connectivity index (χ2v) is 11.1. The summed E-state index contributed by atoms with van der Waals surface area (Å²) in [6.45, 7) is 4.05. The predicted molar refractivity (Wildman–Crippen MR) is 162 cm³/mol. The van der Waals surface area contributed by atoms with Crippen molar-refractivity contribution in [1.29, 1.82) is 0 Å². The average molecular weight is 575 g/mol. The van der Waals surface area contributed by atoms with E-state index in [0.29, 0.717) is 13.0 Å². The number of aliphatic carboxylic acids is 1. The zero-order chi connectivity index (χ0) is 30.3. The van der Waals surface area contributed by atoms with Crippen molar-refractivity contribution < 1.29 is 29.0 Å². The molecule has 2 amide bonds. The molecule has 2 N–H and O–H groups in total. The van der Waals surface area contributed by atoms with E-state index < -0.39 is 24.0 Å². The number of carbonyl (C=O) groups excluding carboxylic acids is 3. The smallest absolute Gasteiger partial charge is 0.303 e. The van der Waals surface area contributed by atoms with Crippen LogP contribution in [0.2, 0.25) is 0 Å². The maximum atomic E-state index is 13.1. The molecule has 8 nitrogen and oxygen atoms in total. The van der Waals surface area contributed by atoms with Gasteiger partial charge in [0.1, 0.15) is 6.04 Å². The van der Waals surface area contributed by atoms with Crippen LogP contribution in [-0.2, 0) is 30.5 Å². The van der Waals surface area contributed by atoms with Crippen molar-refractivity contribution >= 4 is 23.6 Å². The second-order valence-electron chi connectivity index (χ2n) is 11.1. The first-order chi connectivity index (χ1) is 19.8. The van der Waals surface area contributed by atoms with E-state index in [1.54, 1.807) is 7.05 Å². The maximum absolute atomic E-state index is 13.1. The van der Waals surface area contributed by atoms with Crippen LogP contribution in [-0.4, -0.2) is 59.3 Å². The molecule has 0 spiro atoms. The normalized spacial score (nSPS) is 12.5. The van der Waals surface area contributed by atoms with E-state index in [1.807, 2.05) is 30.3 Å². The van der Waals surface area contributed by atoms with Crippen LogP contribution in [0.1, 0.15) is 122 Å². The Morgan fingerprint density at radius 1 is 0.805 bits per heavy atom. The Kier molecular flexibility index (Phi) is 20.3. The van der Waals surface area contributed by atoms with Gasteiger partial charge in [-0.2, -0.15) is 0 Å². The van der Waals surface area contributed by atoms with Crippen LogP contribution in [0.25, 0.3) is 0 Å². The van der Waals surface area contributed by atoms with Crippen LogP contribution in [0.5, 0.6) is 0 Å². The van der Waals surface area contributed by atoms with Crippen molar-refractivity contribution in [3.05, 3.63) is 35.9 Å². The molecular formula is C33H54N2O6. The highest BCUT2D eigenvalue weighted by Gasteiger charge is 2.29. The zero-order valence-corrected chi connectivity index (χ0v) is 25.7. The highest BCUT2D eigenvalue weighted by Crippen LogP contribution is 2.14. The molecule has 232 valence electrons. The van der Waals surface area contributed by atoms with E-state index in [4.69, 9.17) is 9.84 Å². The number of unbranched alkanes of at least 4 members (excludes halogenated alkanes) is 12. The summed E-state index contributed by atoms with van der Waals surface area (Å²) in [6, 6.07) is 7.79. The van der Waals surface area contributed by atoms with Gasteiger partial charge in [-0.1, -0.05) is 114 Å². The zero-order valence-electron chi connectivity index (χ0n) is 25.7. The highest BCUT2D eigenvalue weighted by molar-refractivity contribution is 5.93. The van der Waals surface area contributed by atoms with Gasteiger partial charge in [-0.15, -0.1) is 0 Å². The van der Waals surface area contributed by atoms with Crippen molar-refractivity contribution in [2.75, 3.05) is 13.7 Å². The van der Waals surface area contributed by atoms with Gasteiger partial charge in [0, 0.05) is 19.9 Å². The second kappa shape index (κ2) is 22.9. The first-order valence-electron chi connectivity index (χ1n) is 15.7. The minimum atomic E-state index is -1.07. The van der Waals surface area contributed by atoms with Crippen LogP contribution in [0.15, 0.2) is 30.3 Å². The first kappa shape index (κ1) is 36.3. The fourth-order valence-corrected chi connectivity index (χ4v) is 4.71. The van der Waals surface area contributed by atoms with E-state index in [0.717, 1.165) is 24.8 Å². The van der Waals surface area contributed by atoms with Gasteiger partial charge in [0.15, 0.2) is 5.78 Å². The number of benzene rings is 1. The van der Waals surface area contributed by atoms with Crippen LogP contribution >= 0.6 is 0 Å². The number of hydrogen-bond donors (Lipinski definition) is 2. The average Bonchev–Trinajstić information content (AvgIpc) is 2.96. The molecule has 1 aromatic rings. The standard InChI is InChI=1S/C33H54N2O6/c1-4-5-6-7-8-9-10-11-12-13-14-15-19-22-31(37)35(3)29(26-41-25-28-20-17-16-18-21-28)33(40)34-27(2)30(36)23-24-32(38)39/h16-18,20-21,27,29H,4-15,19,22-26H2,1-3H3,(H,34,40)(H,38,39)/t27-,29-/m1/s1. The van der Waals surface area contributed by atoms with Gasteiger partial charge in [-0.3, -0.25) is 19.2 Å². The monoisotopic (exact) mass is 574 g/mol. The SMILES string of the molecule is CCCCCCCCCCCCCCCC(=O)N(C)[C@H](COCc1ccccc1)C(=O)N[C@H](C)C(=O)CCC(=O)O. The van der Waals surface area contributed by atoms with Gasteiger partial charge >= 0.3 is 5.97 Å². The lowest BCUT2D eigenvalue weighted by molar-refractivity contribution is -0.142. The quantitative estimate of drug-likeness (QED) is 0.130. The highest BCUT2D eigenvalue weighted by atomic mass is 16.5. The Hall–Kier alpha value is -2.74. The Bertz CT molecular complexity index is 876. The molecule has 0 aliphatic carbocycles. The first-order valence-corrected chi connectivity index (χ1v) is 15.7. The van der Waals surface area contributed by atoms with Gasteiger partial charge in [0.2, 0.25) is 11.8 Å². The lowest BCUT2D eigenvalue weighted by atomic mass is 10.0. The number of hydrogen-bond acceptors (Lipinski definition) is 5. The third-order valence-corrected chi connectivity index (χ3v) is 7.47. The molecule has 41 heavy (non-hydrogen) atoms. The molecule has 8 heteroatoms. The van der Waals surface area contributed by atoms with Gasteiger partial charge in [0.25, 0.3) is 0 Å². The molecule has 0 aromatic heterocycles. The summed E-state index contributed by atoms with van der Waals surface area (Å²) in [4.78, 5) is 50.6. The number of nitrogens with one attached hydrogen (secondary N) is 1. The maximum Gasteiger partial charge on any atom is 0.303 e. The van der Waals surface area contributed by atoms with E-state index in [9.17, 15) is 19.2 Å². The number of carboxylic acid groups (broad SMARTS) is 1. The molecule has 0 fully saturated rings. The molecule has 2 atom stereocenters. The topological polar surface area (TPSA) is 113 Å². The lowest BCUT2D eigenvalue weighted by Gasteiger charge is -2.28. The Morgan fingerprint density at radius 3 is 1.88 bits per heavy atom. The summed E-state index contributed by atoms with van der Waals surface area (Å²) in [7, 11) is 1.59. The van der Waals surface area contributed by atoms with Crippen LogP contribution < -0.4 is 5.32 Å². The summed E-state index contributed by atoms with van der Waals surface area (Å²) in [5.41, 5.74) is 0.949. The Morgan fingerprint density at radius 2 is 1.34 bits per heavy atom. The molecule has 1 rings (SSSR count). The van der Waals surface area contributed by atoms with E-state index in [1.165, 1.54) is 76.0 Å². The van der Waals surface area contributed by atoms with Crippen LogP contribution in [0.4, 0.5) is 0 Å². The largest absolute Gasteiger partial charge is 0.481 e. The molecule has 0 bridgehead atoms. The van der Waals surface area contributed by atoms with Crippen molar-refractivity contribution in [3.63, 3.8) is 0 Å². The third-order valence-electron chi connectivity index (χ3n) is 7.47. The Balaban J connectivity index is 2.46. The molecule has 1 aromatic carbocycles. The fraction of sp³-hybridized carbons (Fsp3) is 0.697. The molecule has 0 saturated carbocycles. The van der Waals surface area contributed by atoms with Crippen LogP contribution in [0.3, 0.4) is 0 Å². The number of nitrogens with zero attached hydrogens (tertiary/aromatic N) is 1. The minimum absolute atomic E-state index is 0.0163. The Labute approximate surface area is 247 Å². The van der Waals surface area contributed by atoms with E-state index in [2.05, 4.69) is 12.2 Å². The molecule has 0 unspecified atom stereocenters. The summed E-state index contributed by atoms with van der Waals surface area (Å²) >= 11 is 0. The van der Waals surface area contributed by atoms with E-state index >= 15 is 0 Å². The minimum Gasteiger partial charge on any atom is -0.481 e. The van der Waals surface area contributed by atoms with Crippen molar-refractivity contribution in [3.8, 4) is 0 Å². The van der Waals surface area contributed by atoms with Crippen molar-refractivity contribution in [2.24, 2.45) is 0 Å². The van der Waals surface area contributed by atoms with Gasteiger partial charge in [0.05, 0.1) is 25.7 Å². The molecule has 0 saturated heterocycles. The lowest BCUT2D eigenvalue weighted by Crippen LogP contribution is -2.53. The summed E-state index contributed by atoms with van der Waals surface area (Å²) < 4.78 is 5.80. The summed E-state index contributed by atoms with van der Waals surface area (Å²) in [6.07, 6.45) is 15.8. The van der Waals surface area contributed by atoms with Crippen molar-refractivity contribution in [1.82, 2.24) is 10.2 Å². The number of likely N-dealkylation sites (N-methyl/N-ethyl adjacent to an activating group) is 1. The molecular weight excluding hydrogens is 520 g/mol. The molecule has 0 aliphatic rings. The summed E-state index contributed by atoms with van der Waals surface area (Å²) in [5.74, 6) is -2.06. The fourth-order valence-electron chi connectivity index (χ4n) is 4.71. The molecule has 0 radical (unpaired) electrons. The predicted octanol–water partition coefficient (Wildman–Crippen LogP) is 6.45. The van der Waals surface area contributed by atoms with Crippen molar-refractivity contribution in [2.45, 2.75) is 135 Å². The molecule has 0 heterocycles. The van der Waals surface area contributed by atoms with E-state index in [-0.39, 0.29) is 31.1 Å². The number of ketones is 1. The number of ether oxygens (including phenoxy) is 1. The number of rotatable bonds is 25. The van der Waals surface area contributed by atoms with Crippen LogP contribution in [0, 0.1) is 0 Å². The molecule has 0 aliphatic heterocycles.